The Labute approximate surface area is 187 Å². The third-order valence-corrected chi connectivity index (χ3v) is 9.06. The maximum absolute atomic E-state index is 12.9. The Bertz CT molecular complexity index is 872. The highest BCUT2D eigenvalue weighted by Gasteiger charge is 2.55. The Balaban J connectivity index is 1.23. The van der Waals surface area contributed by atoms with Crippen molar-refractivity contribution in [2.24, 2.45) is 23.2 Å². The van der Waals surface area contributed by atoms with Crippen molar-refractivity contribution in [3.8, 4) is 0 Å². The van der Waals surface area contributed by atoms with Crippen molar-refractivity contribution in [3.05, 3.63) is 41.5 Å². The first kappa shape index (κ1) is 21.1. The molecule has 2 saturated carbocycles. The molecule has 4 heteroatoms. The van der Waals surface area contributed by atoms with E-state index in [9.17, 15) is 4.79 Å². The molecule has 0 unspecified atom stereocenters. The van der Waals surface area contributed by atoms with Crippen LogP contribution in [0.15, 0.2) is 30.4 Å². The number of piperazine rings is 1. The number of anilines is 1. The van der Waals surface area contributed by atoms with Gasteiger partial charge in [0.2, 0.25) is 0 Å². The minimum atomic E-state index is 0.0385. The summed E-state index contributed by atoms with van der Waals surface area (Å²) < 4.78 is 5.98. The van der Waals surface area contributed by atoms with Gasteiger partial charge in [-0.05, 0) is 74.5 Å². The van der Waals surface area contributed by atoms with E-state index < -0.39 is 0 Å². The first-order valence-electron chi connectivity index (χ1n) is 12.3. The molecule has 0 radical (unpaired) electrons. The summed E-state index contributed by atoms with van der Waals surface area (Å²) in [5.74, 6) is 1.04. The van der Waals surface area contributed by atoms with E-state index in [2.05, 4.69) is 55.3 Å². The van der Waals surface area contributed by atoms with Crippen molar-refractivity contribution in [2.45, 2.75) is 59.0 Å². The van der Waals surface area contributed by atoms with Gasteiger partial charge in [-0.3, -0.25) is 9.69 Å². The topological polar surface area (TPSA) is 32.8 Å². The molecule has 1 aromatic carbocycles. The second kappa shape index (κ2) is 7.95. The number of carbonyl (C=O) groups is 1. The van der Waals surface area contributed by atoms with Gasteiger partial charge in [0.15, 0.2) is 0 Å². The Hall–Kier alpha value is -1.81. The lowest BCUT2D eigenvalue weighted by Crippen LogP contribution is -2.50. The summed E-state index contributed by atoms with van der Waals surface area (Å²) >= 11 is 0. The van der Waals surface area contributed by atoms with Crippen LogP contribution in [0.5, 0.6) is 0 Å². The van der Waals surface area contributed by atoms with Crippen LogP contribution in [0.2, 0.25) is 0 Å². The van der Waals surface area contributed by atoms with E-state index in [1.54, 1.807) is 0 Å². The lowest BCUT2D eigenvalue weighted by Gasteiger charge is -2.50. The maximum atomic E-state index is 12.9. The van der Waals surface area contributed by atoms with Crippen LogP contribution in [0, 0.1) is 37.0 Å². The van der Waals surface area contributed by atoms with Gasteiger partial charge in [0.05, 0.1) is 5.92 Å². The van der Waals surface area contributed by atoms with Crippen molar-refractivity contribution < 1.29 is 9.53 Å². The molecule has 0 N–H and O–H groups in total. The Morgan fingerprint density at radius 1 is 1.19 bits per heavy atom. The van der Waals surface area contributed by atoms with Gasteiger partial charge in [-0.2, -0.15) is 0 Å². The average molecular weight is 423 g/mol. The molecule has 2 aliphatic carbocycles. The summed E-state index contributed by atoms with van der Waals surface area (Å²) in [7, 11) is 0. The van der Waals surface area contributed by atoms with E-state index >= 15 is 0 Å². The first-order chi connectivity index (χ1) is 14.9. The zero-order valence-corrected chi connectivity index (χ0v) is 19.5. The second-order valence-electron chi connectivity index (χ2n) is 10.9. The van der Waals surface area contributed by atoms with Crippen LogP contribution in [0.1, 0.15) is 50.2 Å². The van der Waals surface area contributed by atoms with E-state index in [0.29, 0.717) is 11.8 Å². The van der Waals surface area contributed by atoms with Crippen molar-refractivity contribution in [2.75, 3.05) is 37.6 Å². The number of nitrogens with zero attached hydrogens (tertiary/aromatic N) is 2. The van der Waals surface area contributed by atoms with Crippen LogP contribution in [0.4, 0.5) is 5.69 Å². The first-order valence-corrected chi connectivity index (χ1v) is 12.3. The molecule has 1 aromatic rings. The lowest BCUT2D eigenvalue weighted by molar-refractivity contribution is -0.146. The minimum absolute atomic E-state index is 0.0385. The predicted octanol–water partition coefficient (Wildman–Crippen LogP) is 4.74. The molecular formula is C27H38N2O2. The van der Waals surface area contributed by atoms with Crippen molar-refractivity contribution >= 4 is 11.7 Å². The van der Waals surface area contributed by atoms with Gasteiger partial charge in [-0.15, -0.1) is 0 Å². The molecular weight excluding hydrogens is 384 g/mol. The smallest absolute Gasteiger partial charge is 0.310 e. The van der Waals surface area contributed by atoms with Crippen LogP contribution < -0.4 is 4.90 Å². The Morgan fingerprint density at radius 2 is 1.97 bits per heavy atom. The van der Waals surface area contributed by atoms with Crippen molar-refractivity contribution in [1.29, 1.82) is 0 Å². The van der Waals surface area contributed by atoms with E-state index in [-0.39, 0.29) is 23.4 Å². The summed E-state index contributed by atoms with van der Waals surface area (Å²) in [5.41, 5.74) is 5.81. The minimum Gasteiger partial charge on any atom is -0.462 e. The molecule has 31 heavy (non-hydrogen) atoms. The van der Waals surface area contributed by atoms with Gasteiger partial charge < -0.3 is 9.64 Å². The molecule has 0 aromatic heterocycles. The van der Waals surface area contributed by atoms with Gasteiger partial charge in [-0.1, -0.05) is 31.2 Å². The zero-order valence-electron chi connectivity index (χ0n) is 19.5. The van der Waals surface area contributed by atoms with Crippen molar-refractivity contribution in [3.63, 3.8) is 0 Å². The number of rotatable bonds is 3. The highest BCUT2D eigenvalue weighted by atomic mass is 16.6. The summed E-state index contributed by atoms with van der Waals surface area (Å²) in [4.78, 5) is 17.9. The van der Waals surface area contributed by atoms with E-state index in [0.717, 1.165) is 52.0 Å². The molecule has 0 amide bonds. The molecule has 4 aliphatic rings. The molecule has 0 spiro atoms. The highest BCUT2D eigenvalue weighted by molar-refractivity contribution is 5.75. The summed E-state index contributed by atoms with van der Waals surface area (Å²) in [6.07, 6.45) is 5.91. The van der Waals surface area contributed by atoms with Gasteiger partial charge in [0.1, 0.15) is 6.10 Å². The largest absolute Gasteiger partial charge is 0.462 e. The maximum Gasteiger partial charge on any atom is 0.310 e. The number of benzene rings is 1. The average Bonchev–Trinajstić information content (AvgIpc) is 3.03. The van der Waals surface area contributed by atoms with Crippen LogP contribution in [-0.4, -0.2) is 49.7 Å². The molecule has 2 aliphatic heterocycles. The van der Waals surface area contributed by atoms with Crippen LogP contribution >= 0.6 is 0 Å². The number of hydrogen-bond donors (Lipinski definition) is 0. The molecule has 0 bridgehead atoms. The quantitative estimate of drug-likeness (QED) is 0.520. The molecule has 2 saturated heterocycles. The SMILES string of the molecule is C=C1CCC[C@@]2(C)C[C@H]3OC(=O)[C@@H](CN4CCN(c5cccc(C)c5C)CC4)[C@H]3C[C@H]12. The third-order valence-electron chi connectivity index (χ3n) is 9.06. The van der Waals surface area contributed by atoms with E-state index in [4.69, 9.17) is 4.74 Å². The monoisotopic (exact) mass is 422 g/mol. The Kier molecular flexibility index (Phi) is 5.40. The molecule has 4 fully saturated rings. The molecule has 4 nitrogen and oxygen atoms in total. The summed E-state index contributed by atoms with van der Waals surface area (Å²) in [6, 6.07) is 6.59. The van der Waals surface area contributed by atoms with Gasteiger partial charge in [0.25, 0.3) is 0 Å². The predicted molar refractivity (Wildman–Crippen MR) is 125 cm³/mol. The standard InChI is InChI=1S/C27H38N2O2/c1-18-7-5-9-24(20(18)3)29-13-11-28(12-14-29)17-22-21-15-23-19(2)8-6-10-27(23,4)16-25(21)31-26(22)30/h5,7,9,21-23,25H,2,6,8,10-17H2,1,3-4H3/t21-,22+,23-,25-,27+/m1/s1. The molecule has 2 heterocycles. The van der Waals surface area contributed by atoms with Crippen LogP contribution in [0.3, 0.4) is 0 Å². The van der Waals surface area contributed by atoms with Gasteiger partial charge in [0, 0.05) is 44.3 Å². The van der Waals surface area contributed by atoms with Crippen LogP contribution in [-0.2, 0) is 9.53 Å². The second-order valence-corrected chi connectivity index (χ2v) is 10.9. The van der Waals surface area contributed by atoms with E-state index in [1.165, 1.54) is 35.2 Å². The normalized spacial score (nSPS) is 36.2. The number of allylic oxidation sites excluding steroid dienone is 1. The fourth-order valence-electron chi connectivity index (χ4n) is 6.99. The number of ether oxygens (including phenoxy) is 1. The Morgan fingerprint density at radius 3 is 2.74 bits per heavy atom. The van der Waals surface area contributed by atoms with Gasteiger partial charge in [-0.25, -0.2) is 0 Å². The number of carbonyl (C=O) groups excluding carboxylic acids is 1. The van der Waals surface area contributed by atoms with Crippen molar-refractivity contribution in [1.82, 2.24) is 4.90 Å². The molecule has 5 rings (SSSR count). The van der Waals surface area contributed by atoms with Crippen LogP contribution in [0.25, 0.3) is 0 Å². The molecule has 5 atom stereocenters. The fourth-order valence-corrected chi connectivity index (χ4v) is 6.99. The fraction of sp³-hybridized carbons (Fsp3) is 0.667. The van der Waals surface area contributed by atoms with E-state index in [1.807, 2.05) is 0 Å². The number of aryl methyl sites for hydroxylation is 1. The summed E-state index contributed by atoms with van der Waals surface area (Å²) in [6.45, 7) is 16.2. The number of esters is 1. The number of hydrogen-bond acceptors (Lipinski definition) is 4. The third kappa shape index (κ3) is 3.71. The molecule has 168 valence electrons. The highest BCUT2D eigenvalue weighted by Crippen LogP contribution is 2.56. The summed E-state index contributed by atoms with van der Waals surface area (Å²) in [5, 5.41) is 0. The van der Waals surface area contributed by atoms with Gasteiger partial charge >= 0.3 is 5.97 Å². The zero-order chi connectivity index (χ0) is 21.8. The lowest BCUT2D eigenvalue weighted by atomic mass is 9.55. The number of fused-ring (bicyclic) bond motifs is 2.